The van der Waals surface area contributed by atoms with E-state index in [0.717, 1.165) is 37.2 Å². The van der Waals surface area contributed by atoms with Crippen molar-refractivity contribution in [1.29, 1.82) is 0 Å². The van der Waals surface area contributed by atoms with Crippen LogP contribution in [0.3, 0.4) is 0 Å². The second-order valence-corrected chi connectivity index (χ2v) is 13.4. The average Bonchev–Trinajstić information content (AvgIpc) is 2.99. The molecule has 11 heteroatoms. The molecule has 0 aromatic heterocycles. The Labute approximate surface area is 255 Å². The van der Waals surface area contributed by atoms with E-state index in [1.807, 2.05) is 29.2 Å². The van der Waals surface area contributed by atoms with Crippen LogP contribution in [0.5, 0.6) is 0 Å². The van der Waals surface area contributed by atoms with Crippen LogP contribution in [0, 0.1) is 0 Å². The molecule has 1 aromatic carbocycles. The molecule has 4 heterocycles. The predicted molar refractivity (Wildman–Crippen MR) is 163 cm³/mol. The van der Waals surface area contributed by atoms with E-state index in [-0.39, 0.29) is 30.3 Å². The number of hydrogen-bond donors (Lipinski definition) is 2. The van der Waals surface area contributed by atoms with Crippen LogP contribution in [-0.4, -0.2) is 107 Å². The highest BCUT2D eigenvalue weighted by molar-refractivity contribution is 5.93. The molecule has 11 nitrogen and oxygen atoms in total. The fourth-order valence-electron chi connectivity index (χ4n) is 6.85. The first kappa shape index (κ1) is 31.1. The summed E-state index contributed by atoms with van der Waals surface area (Å²) in [6.45, 7) is 10.3. The van der Waals surface area contributed by atoms with E-state index in [1.54, 1.807) is 30.6 Å². The van der Waals surface area contributed by atoms with Crippen molar-refractivity contribution in [2.24, 2.45) is 0 Å². The second kappa shape index (κ2) is 13.5. The minimum Gasteiger partial charge on any atom is -0.444 e. The summed E-state index contributed by atoms with van der Waals surface area (Å²) < 4.78 is 5.45. The summed E-state index contributed by atoms with van der Waals surface area (Å²) in [6, 6.07) is 7.21. The smallest absolute Gasteiger partial charge is 0.408 e. The number of rotatable bonds is 6. The molecular weight excluding hydrogens is 548 g/mol. The third-order valence-corrected chi connectivity index (χ3v) is 9.17. The van der Waals surface area contributed by atoms with Crippen molar-refractivity contribution < 1.29 is 23.9 Å². The van der Waals surface area contributed by atoms with Crippen LogP contribution in [0.25, 0.3) is 0 Å². The van der Waals surface area contributed by atoms with Crippen LogP contribution in [0.2, 0.25) is 0 Å². The Hall–Kier alpha value is -3.34. The van der Waals surface area contributed by atoms with Gasteiger partial charge in [-0.15, -0.1) is 0 Å². The van der Waals surface area contributed by atoms with Gasteiger partial charge in [-0.3, -0.25) is 9.59 Å². The standard InChI is InChI=1S/C32H48N6O5/c1-32(2,3)43-31(42)34-27(29(40)37-19-11-24(12-20-37)35-15-7-4-8-16-35)21-28(39)36-17-13-25(14-18-36)38-22-23-9-5-6-10-26(23)33-30(38)41/h5-6,9-10,24-25,27H,4,7-8,11-22H2,1-3H3,(H,33,41)(H,34,42)/t27-/m0/s1. The normalized spacial score (nSPS) is 21.6. The molecule has 3 fully saturated rings. The van der Waals surface area contributed by atoms with E-state index >= 15 is 0 Å². The van der Waals surface area contributed by atoms with Crippen LogP contribution in [0.15, 0.2) is 24.3 Å². The molecule has 236 valence electrons. The highest BCUT2D eigenvalue weighted by Crippen LogP contribution is 2.28. The quantitative estimate of drug-likeness (QED) is 0.517. The molecule has 43 heavy (non-hydrogen) atoms. The minimum atomic E-state index is -0.990. The number of urea groups is 1. The lowest BCUT2D eigenvalue weighted by atomic mass is 9.98. The molecule has 2 N–H and O–H groups in total. The van der Waals surface area contributed by atoms with Gasteiger partial charge in [0.05, 0.1) is 6.42 Å². The molecule has 0 saturated carbocycles. The molecule has 0 radical (unpaired) electrons. The summed E-state index contributed by atoms with van der Waals surface area (Å²) in [5.74, 6) is -0.403. The van der Waals surface area contributed by atoms with Crippen molar-refractivity contribution in [3.8, 4) is 0 Å². The summed E-state index contributed by atoms with van der Waals surface area (Å²) in [6.07, 6.45) is 6.07. The summed E-state index contributed by atoms with van der Waals surface area (Å²) in [5, 5.41) is 5.70. The summed E-state index contributed by atoms with van der Waals surface area (Å²) in [4.78, 5) is 60.7. The molecule has 1 atom stereocenters. The Morgan fingerprint density at radius 2 is 1.53 bits per heavy atom. The number of carbonyl (C=O) groups excluding carboxylic acids is 4. The third-order valence-electron chi connectivity index (χ3n) is 9.17. The number of para-hydroxylation sites is 1. The number of piperidine rings is 3. The Morgan fingerprint density at radius 3 is 2.21 bits per heavy atom. The fourth-order valence-corrected chi connectivity index (χ4v) is 6.85. The second-order valence-electron chi connectivity index (χ2n) is 13.4. The van der Waals surface area contributed by atoms with Crippen molar-refractivity contribution in [3.63, 3.8) is 0 Å². The molecule has 5 rings (SSSR count). The molecule has 4 aliphatic heterocycles. The van der Waals surface area contributed by atoms with Gasteiger partial charge in [0.2, 0.25) is 11.8 Å². The van der Waals surface area contributed by atoms with E-state index in [1.165, 1.54) is 19.3 Å². The number of alkyl carbamates (subject to hydrolysis) is 1. The Balaban J connectivity index is 1.17. The molecule has 0 unspecified atom stereocenters. The Kier molecular flexibility index (Phi) is 9.78. The van der Waals surface area contributed by atoms with Gasteiger partial charge in [-0.25, -0.2) is 9.59 Å². The Bertz CT molecular complexity index is 1160. The summed E-state index contributed by atoms with van der Waals surface area (Å²) >= 11 is 0. The van der Waals surface area contributed by atoms with Gasteiger partial charge in [-0.2, -0.15) is 0 Å². The zero-order chi connectivity index (χ0) is 30.6. The average molecular weight is 597 g/mol. The molecule has 1 aromatic rings. The number of likely N-dealkylation sites (tertiary alicyclic amines) is 3. The number of ether oxygens (including phenoxy) is 1. The van der Waals surface area contributed by atoms with Crippen LogP contribution in [0.4, 0.5) is 15.3 Å². The first-order valence-electron chi connectivity index (χ1n) is 16.0. The van der Waals surface area contributed by atoms with Crippen molar-refractivity contribution in [2.75, 3.05) is 44.6 Å². The van der Waals surface area contributed by atoms with Crippen molar-refractivity contribution in [1.82, 2.24) is 24.9 Å². The van der Waals surface area contributed by atoms with Gasteiger partial charge in [-0.05, 0) is 84.0 Å². The first-order chi connectivity index (χ1) is 20.6. The predicted octanol–water partition coefficient (Wildman–Crippen LogP) is 3.79. The topological polar surface area (TPSA) is 115 Å². The van der Waals surface area contributed by atoms with Gasteiger partial charge in [0.25, 0.3) is 0 Å². The van der Waals surface area contributed by atoms with E-state index < -0.39 is 17.7 Å². The number of nitrogens with zero attached hydrogens (tertiary/aromatic N) is 4. The van der Waals surface area contributed by atoms with Crippen LogP contribution < -0.4 is 10.6 Å². The van der Waals surface area contributed by atoms with Gasteiger partial charge in [0, 0.05) is 50.5 Å². The number of anilines is 1. The minimum absolute atomic E-state index is 0.0240. The third kappa shape index (κ3) is 7.99. The van der Waals surface area contributed by atoms with Crippen LogP contribution >= 0.6 is 0 Å². The highest BCUT2D eigenvalue weighted by atomic mass is 16.6. The van der Waals surface area contributed by atoms with Gasteiger partial charge in [-0.1, -0.05) is 24.6 Å². The van der Waals surface area contributed by atoms with E-state index in [0.29, 0.717) is 51.6 Å². The largest absolute Gasteiger partial charge is 0.444 e. The van der Waals surface area contributed by atoms with Gasteiger partial charge >= 0.3 is 12.1 Å². The Morgan fingerprint density at radius 1 is 0.907 bits per heavy atom. The highest BCUT2D eigenvalue weighted by Gasteiger charge is 2.37. The van der Waals surface area contributed by atoms with Crippen molar-refractivity contribution >= 4 is 29.6 Å². The number of hydrogen-bond acceptors (Lipinski definition) is 6. The van der Waals surface area contributed by atoms with Crippen LogP contribution in [0.1, 0.15) is 77.7 Å². The number of amides is 5. The van der Waals surface area contributed by atoms with Gasteiger partial charge in [0.15, 0.2) is 0 Å². The number of fused-ring (bicyclic) bond motifs is 1. The maximum atomic E-state index is 13.7. The van der Waals surface area contributed by atoms with Gasteiger partial charge < -0.3 is 35.0 Å². The summed E-state index contributed by atoms with van der Waals surface area (Å²) in [7, 11) is 0. The maximum Gasteiger partial charge on any atom is 0.408 e. The number of benzene rings is 1. The summed E-state index contributed by atoms with van der Waals surface area (Å²) in [5.41, 5.74) is 1.20. The lowest BCUT2D eigenvalue weighted by Crippen LogP contribution is -2.56. The zero-order valence-electron chi connectivity index (χ0n) is 26.0. The first-order valence-corrected chi connectivity index (χ1v) is 16.0. The molecular formula is C32H48N6O5. The van der Waals surface area contributed by atoms with E-state index in [9.17, 15) is 19.2 Å². The molecule has 0 aliphatic carbocycles. The lowest BCUT2D eigenvalue weighted by Gasteiger charge is -2.41. The van der Waals surface area contributed by atoms with Crippen molar-refractivity contribution in [3.05, 3.63) is 29.8 Å². The molecule has 0 bridgehead atoms. The van der Waals surface area contributed by atoms with Crippen molar-refractivity contribution in [2.45, 2.75) is 102 Å². The van der Waals surface area contributed by atoms with E-state index in [2.05, 4.69) is 15.5 Å². The molecule has 3 saturated heterocycles. The number of carbonyl (C=O) groups is 4. The monoisotopic (exact) mass is 596 g/mol. The molecule has 4 aliphatic rings. The number of nitrogens with one attached hydrogen (secondary N) is 2. The molecule has 5 amide bonds. The fraction of sp³-hybridized carbons (Fsp3) is 0.688. The SMILES string of the molecule is CC(C)(C)OC(=O)N[C@@H](CC(=O)N1CCC(N2Cc3ccccc3NC2=O)CC1)C(=O)N1CCC(N2CCCCC2)CC1. The zero-order valence-corrected chi connectivity index (χ0v) is 26.0. The molecule has 0 spiro atoms. The van der Waals surface area contributed by atoms with Gasteiger partial charge in [0.1, 0.15) is 11.6 Å². The maximum absolute atomic E-state index is 13.7. The van der Waals surface area contributed by atoms with E-state index in [4.69, 9.17) is 4.74 Å². The lowest BCUT2D eigenvalue weighted by molar-refractivity contribution is -0.140. The van der Waals surface area contributed by atoms with Crippen LogP contribution in [-0.2, 0) is 20.9 Å².